The Labute approximate surface area is 100 Å². The summed E-state index contributed by atoms with van der Waals surface area (Å²) in [4.78, 5) is 4.10. The molecule has 3 aromatic rings. The fourth-order valence-corrected chi connectivity index (χ4v) is 1.85. The first kappa shape index (κ1) is 10.8. The van der Waals surface area contributed by atoms with Crippen LogP contribution in [0.1, 0.15) is 0 Å². The topological polar surface area (TPSA) is 17.8 Å². The fraction of sp³-hybridized carbons (Fsp3) is 0. The van der Waals surface area contributed by atoms with Crippen LogP contribution in [-0.4, -0.2) is 9.55 Å². The highest BCUT2D eigenvalue weighted by atomic mass is 19.2. The van der Waals surface area contributed by atoms with E-state index in [4.69, 9.17) is 0 Å². The van der Waals surface area contributed by atoms with Crippen LogP contribution in [0.25, 0.3) is 16.7 Å². The maximum absolute atomic E-state index is 13.2. The number of rotatable bonds is 1. The van der Waals surface area contributed by atoms with Crippen molar-refractivity contribution in [3.05, 3.63) is 60.2 Å². The molecular weight excluding hydrogens is 241 g/mol. The van der Waals surface area contributed by atoms with E-state index in [1.165, 1.54) is 10.9 Å². The minimum Gasteiger partial charge on any atom is -0.299 e. The molecule has 0 saturated carbocycles. The largest absolute Gasteiger partial charge is 0.299 e. The number of fused-ring (bicyclic) bond motifs is 1. The number of halogens is 3. The van der Waals surface area contributed by atoms with E-state index < -0.39 is 17.5 Å². The van der Waals surface area contributed by atoms with Crippen molar-refractivity contribution in [2.75, 3.05) is 0 Å². The molecule has 3 rings (SSSR count). The summed E-state index contributed by atoms with van der Waals surface area (Å²) in [5, 5.41) is 0. The van der Waals surface area contributed by atoms with Crippen molar-refractivity contribution in [2.45, 2.75) is 0 Å². The highest BCUT2D eigenvalue weighted by Crippen LogP contribution is 2.21. The molecule has 0 amide bonds. The molecule has 0 radical (unpaired) electrons. The third kappa shape index (κ3) is 1.55. The first-order chi connectivity index (χ1) is 8.66. The van der Waals surface area contributed by atoms with E-state index in [9.17, 15) is 13.2 Å². The van der Waals surface area contributed by atoms with Crippen LogP contribution in [0.15, 0.2) is 42.7 Å². The van der Waals surface area contributed by atoms with Crippen LogP contribution in [0.5, 0.6) is 0 Å². The van der Waals surface area contributed by atoms with E-state index in [2.05, 4.69) is 4.98 Å². The molecule has 0 bridgehead atoms. The molecule has 0 spiro atoms. The predicted molar refractivity (Wildman–Crippen MR) is 60.9 cm³/mol. The van der Waals surface area contributed by atoms with Crippen molar-refractivity contribution < 1.29 is 13.2 Å². The van der Waals surface area contributed by atoms with Gasteiger partial charge in [-0.2, -0.15) is 0 Å². The zero-order chi connectivity index (χ0) is 12.7. The van der Waals surface area contributed by atoms with Gasteiger partial charge in [-0.3, -0.25) is 4.57 Å². The van der Waals surface area contributed by atoms with Crippen molar-refractivity contribution in [3.8, 4) is 5.69 Å². The molecule has 0 unspecified atom stereocenters. The van der Waals surface area contributed by atoms with Crippen LogP contribution in [0, 0.1) is 17.5 Å². The van der Waals surface area contributed by atoms with Crippen LogP contribution in [-0.2, 0) is 0 Å². The summed E-state index contributed by atoms with van der Waals surface area (Å²) in [6, 6.07) is 9.02. The van der Waals surface area contributed by atoms with Gasteiger partial charge in [-0.15, -0.1) is 0 Å². The van der Waals surface area contributed by atoms with Crippen LogP contribution in [0.4, 0.5) is 13.2 Å². The Hall–Kier alpha value is -2.30. The maximum atomic E-state index is 13.2. The number of benzene rings is 2. The lowest BCUT2D eigenvalue weighted by Crippen LogP contribution is -1.98. The molecule has 2 aromatic carbocycles. The first-order valence-electron chi connectivity index (χ1n) is 5.24. The molecule has 18 heavy (non-hydrogen) atoms. The quantitative estimate of drug-likeness (QED) is 0.603. The molecule has 90 valence electrons. The molecule has 0 aliphatic heterocycles. The number of hydrogen-bond donors (Lipinski definition) is 0. The Morgan fingerprint density at radius 3 is 2.33 bits per heavy atom. The third-order valence-electron chi connectivity index (χ3n) is 2.70. The molecule has 0 aliphatic carbocycles. The molecule has 0 fully saturated rings. The van der Waals surface area contributed by atoms with Gasteiger partial charge in [0.2, 0.25) is 0 Å². The third-order valence-corrected chi connectivity index (χ3v) is 2.70. The second-order valence-electron chi connectivity index (χ2n) is 3.83. The van der Waals surface area contributed by atoms with Gasteiger partial charge >= 0.3 is 0 Å². The van der Waals surface area contributed by atoms with Gasteiger partial charge in [0.1, 0.15) is 6.33 Å². The van der Waals surface area contributed by atoms with Gasteiger partial charge in [0.15, 0.2) is 17.5 Å². The summed E-state index contributed by atoms with van der Waals surface area (Å²) in [6.45, 7) is 0. The SMILES string of the molecule is Fc1cc(-n2cnc3ccccc32)cc(F)c1F. The van der Waals surface area contributed by atoms with Gasteiger partial charge in [0.05, 0.1) is 16.7 Å². The summed E-state index contributed by atoms with van der Waals surface area (Å²) >= 11 is 0. The summed E-state index contributed by atoms with van der Waals surface area (Å²) in [7, 11) is 0. The second kappa shape index (κ2) is 3.87. The van der Waals surface area contributed by atoms with Crippen molar-refractivity contribution in [2.24, 2.45) is 0 Å². The lowest BCUT2D eigenvalue weighted by Gasteiger charge is -2.05. The van der Waals surface area contributed by atoms with Gasteiger partial charge in [-0.25, -0.2) is 18.2 Å². The molecule has 1 heterocycles. The number of nitrogens with zero attached hydrogens (tertiary/aromatic N) is 2. The van der Waals surface area contributed by atoms with Crippen LogP contribution < -0.4 is 0 Å². The van der Waals surface area contributed by atoms with Gasteiger partial charge < -0.3 is 0 Å². The highest BCUT2D eigenvalue weighted by Gasteiger charge is 2.12. The van der Waals surface area contributed by atoms with Crippen LogP contribution >= 0.6 is 0 Å². The van der Waals surface area contributed by atoms with Crippen molar-refractivity contribution >= 4 is 11.0 Å². The van der Waals surface area contributed by atoms with Crippen molar-refractivity contribution in [1.29, 1.82) is 0 Å². The van der Waals surface area contributed by atoms with Gasteiger partial charge in [0, 0.05) is 12.1 Å². The summed E-state index contributed by atoms with van der Waals surface area (Å²) in [6.07, 6.45) is 1.44. The summed E-state index contributed by atoms with van der Waals surface area (Å²) in [5.41, 5.74) is 1.59. The lowest BCUT2D eigenvalue weighted by atomic mass is 10.2. The minimum absolute atomic E-state index is 0.195. The van der Waals surface area contributed by atoms with Crippen LogP contribution in [0.2, 0.25) is 0 Å². The second-order valence-corrected chi connectivity index (χ2v) is 3.83. The van der Waals surface area contributed by atoms with E-state index in [-0.39, 0.29) is 5.69 Å². The van der Waals surface area contributed by atoms with E-state index in [1.807, 2.05) is 6.07 Å². The number of imidazole rings is 1. The van der Waals surface area contributed by atoms with E-state index >= 15 is 0 Å². The smallest absolute Gasteiger partial charge is 0.194 e. The molecule has 1 aromatic heterocycles. The molecule has 0 aliphatic rings. The lowest BCUT2D eigenvalue weighted by molar-refractivity contribution is 0.446. The van der Waals surface area contributed by atoms with Crippen molar-refractivity contribution in [1.82, 2.24) is 9.55 Å². The standard InChI is InChI=1S/C13H7F3N2/c14-9-5-8(6-10(15)13(9)16)18-7-17-11-3-1-2-4-12(11)18/h1-7H. The Morgan fingerprint density at radius 1 is 0.944 bits per heavy atom. The molecule has 5 heteroatoms. The van der Waals surface area contributed by atoms with Gasteiger partial charge in [0.25, 0.3) is 0 Å². The van der Waals surface area contributed by atoms with E-state index in [1.54, 1.807) is 18.2 Å². The molecule has 0 atom stereocenters. The molecule has 0 saturated heterocycles. The summed E-state index contributed by atoms with van der Waals surface area (Å²) < 4.78 is 40.8. The normalized spacial score (nSPS) is 11.1. The minimum atomic E-state index is -1.47. The Bertz CT molecular complexity index is 711. The highest BCUT2D eigenvalue weighted by molar-refractivity contribution is 5.77. The number of para-hydroxylation sites is 2. The van der Waals surface area contributed by atoms with E-state index in [0.29, 0.717) is 11.0 Å². The average Bonchev–Trinajstić information content (AvgIpc) is 2.79. The van der Waals surface area contributed by atoms with Crippen LogP contribution in [0.3, 0.4) is 0 Å². The number of aromatic nitrogens is 2. The van der Waals surface area contributed by atoms with Gasteiger partial charge in [-0.05, 0) is 12.1 Å². The Morgan fingerprint density at radius 2 is 1.61 bits per heavy atom. The zero-order valence-electron chi connectivity index (χ0n) is 9.07. The molecular formula is C13H7F3N2. The average molecular weight is 248 g/mol. The molecule has 0 N–H and O–H groups in total. The monoisotopic (exact) mass is 248 g/mol. The fourth-order valence-electron chi connectivity index (χ4n) is 1.85. The van der Waals surface area contributed by atoms with Gasteiger partial charge in [-0.1, -0.05) is 12.1 Å². The Balaban J connectivity index is 2.26. The maximum Gasteiger partial charge on any atom is 0.194 e. The van der Waals surface area contributed by atoms with Crippen molar-refractivity contribution in [3.63, 3.8) is 0 Å². The molecule has 2 nitrogen and oxygen atoms in total. The summed E-state index contributed by atoms with van der Waals surface area (Å²) in [5.74, 6) is -3.91. The number of hydrogen-bond acceptors (Lipinski definition) is 1. The first-order valence-corrected chi connectivity index (χ1v) is 5.24. The van der Waals surface area contributed by atoms with E-state index in [0.717, 1.165) is 12.1 Å². The Kier molecular flexibility index (Phi) is 2.33. The predicted octanol–water partition coefficient (Wildman–Crippen LogP) is 3.44. The zero-order valence-corrected chi connectivity index (χ0v) is 9.07.